The number of hydrogen-bond donors (Lipinski definition) is 0. The summed E-state index contributed by atoms with van der Waals surface area (Å²) >= 11 is 0. The number of benzene rings is 2. The average Bonchev–Trinajstić information content (AvgIpc) is 2.96. The van der Waals surface area contributed by atoms with Gasteiger partial charge in [0, 0.05) is 0 Å². The van der Waals surface area contributed by atoms with Crippen LogP contribution in [0.5, 0.6) is 5.75 Å². The fraction of sp³-hybridized carbons (Fsp3) is 0.400. The van der Waals surface area contributed by atoms with E-state index < -0.39 is 16.7 Å². The van der Waals surface area contributed by atoms with Crippen molar-refractivity contribution in [2.45, 2.75) is 44.1 Å². The Morgan fingerprint density at radius 1 is 1.00 bits per heavy atom. The van der Waals surface area contributed by atoms with Crippen molar-refractivity contribution >= 4 is 11.2 Å². The number of hydrogen-bond acceptors (Lipinski definition) is 7. The van der Waals surface area contributed by atoms with Gasteiger partial charge in [0.05, 0.1) is 11.6 Å². The van der Waals surface area contributed by atoms with Gasteiger partial charge in [-0.1, -0.05) is 30.7 Å². The third-order valence-electron chi connectivity index (χ3n) is 6.60. The molecule has 0 spiro atoms. The van der Waals surface area contributed by atoms with E-state index in [-0.39, 0.29) is 11.2 Å². The summed E-state index contributed by atoms with van der Waals surface area (Å²) in [4.78, 5) is 26.3. The number of rotatable bonds is 4. The maximum atomic E-state index is 12.1. The first kappa shape index (κ1) is 20.5. The fourth-order valence-electron chi connectivity index (χ4n) is 5.06. The monoisotopic (exact) mass is 432 g/mol. The van der Waals surface area contributed by atoms with Crippen molar-refractivity contribution < 1.29 is 13.6 Å². The van der Waals surface area contributed by atoms with E-state index in [1.165, 1.54) is 19.3 Å². The molecule has 3 aromatic rings. The Morgan fingerprint density at radius 3 is 2.59 bits per heavy atom. The molecular formula is C25H24N2O5. The highest BCUT2D eigenvalue weighted by Gasteiger charge is 2.43. The number of nitrogens with zero attached hydrogens (tertiary/aromatic N) is 2. The van der Waals surface area contributed by atoms with Crippen LogP contribution in [0.3, 0.4) is 0 Å². The summed E-state index contributed by atoms with van der Waals surface area (Å²) in [6, 6.07) is 13.5. The van der Waals surface area contributed by atoms with Crippen LogP contribution in [0.4, 0.5) is 0 Å². The lowest BCUT2D eigenvalue weighted by Gasteiger charge is -2.31. The number of nitriles is 1. The van der Waals surface area contributed by atoms with Crippen LogP contribution < -0.4 is 16.0 Å². The van der Waals surface area contributed by atoms with Crippen LogP contribution in [0.2, 0.25) is 0 Å². The molecule has 2 aromatic carbocycles. The van der Waals surface area contributed by atoms with Gasteiger partial charge in [0.1, 0.15) is 17.8 Å². The number of likely N-dealkylation sites (tertiary alicyclic amines) is 1. The summed E-state index contributed by atoms with van der Waals surface area (Å²) in [5.41, 5.74) is -0.827. The zero-order valence-electron chi connectivity index (χ0n) is 17.8. The fourth-order valence-corrected chi connectivity index (χ4v) is 5.06. The van der Waals surface area contributed by atoms with Crippen LogP contribution in [-0.2, 0) is 12.0 Å². The molecule has 7 heteroatoms. The maximum Gasteiger partial charge on any atom is 0.423 e. The number of ether oxygens (including phenoxy) is 1. The highest BCUT2D eigenvalue weighted by Crippen LogP contribution is 2.47. The lowest BCUT2D eigenvalue weighted by molar-refractivity contribution is 0.221. The summed E-state index contributed by atoms with van der Waals surface area (Å²) < 4.78 is 16.7. The molecule has 1 fully saturated rings. The number of piperidine rings is 1. The predicted molar refractivity (Wildman–Crippen MR) is 118 cm³/mol. The molecule has 0 radical (unpaired) electrons. The highest BCUT2D eigenvalue weighted by atomic mass is 16.5. The van der Waals surface area contributed by atoms with Crippen molar-refractivity contribution in [3.63, 3.8) is 0 Å². The Morgan fingerprint density at radius 2 is 1.78 bits per heavy atom. The maximum absolute atomic E-state index is 12.1. The Hall–Kier alpha value is -3.37. The van der Waals surface area contributed by atoms with E-state index in [1.807, 2.05) is 24.3 Å². The van der Waals surface area contributed by atoms with E-state index in [1.54, 1.807) is 12.1 Å². The molecule has 5 rings (SSSR count). The molecule has 7 nitrogen and oxygen atoms in total. The molecule has 0 saturated carbocycles. The van der Waals surface area contributed by atoms with Crippen molar-refractivity contribution in [1.82, 2.24) is 4.90 Å². The van der Waals surface area contributed by atoms with Gasteiger partial charge in [-0.05, 0) is 68.6 Å². The minimum atomic E-state index is -1.10. The first-order valence-electron chi connectivity index (χ1n) is 11.1. The van der Waals surface area contributed by atoms with Crippen LogP contribution in [0, 0.1) is 11.3 Å². The Labute approximate surface area is 184 Å². The Bertz CT molecular complexity index is 1310. The topological polar surface area (TPSA) is 96.7 Å². The van der Waals surface area contributed by atoms with Gasteiger partial charge in [0.15, 0.2) is 11.2 Å². The third kappa shape index (κ3) is 3.41. The summed E-state index contributed by atoms with van der Waals surface area (Å²) in [5.74, 6) is 0.463. The molecule has 0 amide bonds. The lowest BCUT2D eigenvalue weighted by atomic mass is 9.70. The van der Waals surface area contributed by atoms with Crippen molar-refractivity contribution in [2.75, 3.05) is 19.6 Å². The van der Waals surface area contributed by atoms with Gasteiger partial charge in [-0.25, -0.2) is 9.59 Å². The van der Waals surface area contributed by atoms with Crippen molar-refractivity contribution in [3.05, 3.63) is 73.9 Å². The molecule has 164 valence electrons. The molecule has 1 aromatic heterocycles. The normalized spacial score (nSPS) is 20.6. The smallest absolute Gasteiger partial charge is 0.423 e. The molecule has 0 bridgehead atoms. The van der Waals surface area contributed by atoms with Gasteiger partial charge in [-0.3, -0.25) is 0 Å². The van der Waals surface area contributed by atoms with Crippen LogP contribution >= 0.6 is 0 Å². The molecule has 1 unspecified atom stereocenters. The largest absolute Gasteiger partial charge is 0.488 e. The van der Waals surface area contributed by atoms with Gasteiger partial charge < -0.3 is 18.5 Å². The molecule has 2 aliphatic heterocycles. The molecular weight excluding hydrogens is 408 g/mol. The first-order chi connectivity index (χ1) is 15.6. The zero-order chi connectivity index (χ0) is 22.1. The summed E-state index contributed by atoms with van der Waals surface area (Å²) in [5, 5.41) is 10.6. The third-order valence-corrected chi connectivity index (χ3v) is 6.60. The lowest BCUT2D eigenvalue weighted by Crippen LogP contribution is -2.33. The van der Waals surface area contributed by atoms with E-state index in [0.717, 1.165) is 37.2 Å². The first-order valence-corrected chi connectivity index (χ1v) is 11.1. The minimum absolute atomic E-state index is 0.100. The summed E-state index contributed by atoms with van der Waals surface area (Å²) in [7, 11) is 0. The Kier molecular flexibility index (Phi) is 5.32. The molecule has 32 heavy (non-hydrogen) atoms. The molecule has 2 aliphatic rings. The Balaban J connectivity index is 1.68. The van der Waals surface area contributed by atoms with Crippen molar-refractivity contribution in [2.24, 2.45) is 0 Å². The molecule has 3 heterocycles. The highest BCUT2D eigenvalue weighted by molar-refractivity contribution is 5.81. The summed E-state index contributed by atoms with van der Waals surface area (Å²) in [6.45, 7) is 3.36. The summed E-state index contributed by atoms with van der Waals surface area (Å²) in [6.07, 6.45) is 5.00. The number of fused-ring (bicyclic) bond motifs is 4. The minimum Gasteiger partial charge on any atom is -0.488 e. The predicted octanol–water partition coefficient (Wildman–Crippen LogP) is 3.71. The van der Waals surface area contributed by atoms with Crippen molar-refractivity contribution in [3.8, 4) is 11.8 Å². The molecule has 1 saturated heterocycles. The van der Waals surface area contributed by atoms with Crippen LogP contribution in [-0.4, -0.2) is 24.5 Å². The van der Waals surface area contributed by atoms with Crippen LogP contribution in [0.1, 0.15) is 48.8 Å². The second-order valence-corrected chi connectivity index (χ2v) is 8.51. The average molecular weight is 432 g/mol. The van der Waals surface area contributed by atoms with E-state index in [2.05, 4.69) is 11.0 Å². The van der Waals surface area contributed by atoms with Gasteiger partial charge in [0.25, 0.3) is 0 Å². The quantitative estimate of drug-likeness (QED) is 0.580. The van der Waals surface area contributed by atoms with Gasteiger partial charge in [-0.15, -0.1) is 0 Å². The van der Waals surface area contributed by atoms with Gasteiger partial charge >= 0.3 is 11.3 Å². The van der Waals surface area contributed by atoms with E-state index in [4.69, 9.17) is 13.6 Å². The van der Waals surface area contributed by atoms with E-state index in [9.17, 15) is 14.9 Å². The van der Waals surface area contributed by atoms with Gasteiger partial charge in [0.2, 0.25) is 0 Å². The molecule has 1 atom stereocenters. The SMILES string of the molecule is N#CC1(CCCN2CCCCC2)c2ccccc2COc2ccc3oc(=O)c(=O)oc3c21. The molecule has 0 aliphatic carbocycles. The van der Waals surface area contributed by atoms with Crippen LogP contribution in [0.15, 0.2) is 54.8 Å². The standard InChI is InChI=1S/C25H24N2O5/c26-16-25(11-6-14-27-12-4-1-5-13-27)18-8-3-2-7-17(18)15-30-19-9-10-20-22(21(19)25)32-24(29)23(28)31-20/h2-3,7-10H,1,4-6,11-15H2. The van der Waals surface area contributed by atoms with E-state index in [0.29, 0.717) is 24.3 Å². The van der Waals surface area contributed by atoms with E-state index >= 15 is 0 Å². The van der Waals surface area contributed by atoms with Crippen molar-refractivity contribution in [1.29, 1.82) is 5.26 Å². The van der Waals surface area contributed by atoms with Crippen LogP contribution in [0.25, 0.3) is 11.2 Å². The van der Waals surface area contributed by atoms with Gasteiger partial charge in [-0.2, -0.15) is 5.26 Å². The second-order valence-electron chi connectivity index (χ2n) is 8.51. The second kappa shape index (κ2) is 8.29. The molecule has 0 N–H and O–H groups in total. The zero-order valence-corrected chi connectivity index (χ0v) is 17.8.